The summed E-state index contributed by atoms with van der Waals surface area (Å²) < 4.78 is 31.6. The minimum absolute atomic E-state index is 0.163. The van der Waals surface area contributed by atoms with Gasteiger partial charge in [0.25, 0.3) is 11.1 Å². The van der Waals surface area contributed by atoms with Gasteiger partial charge in [0.1, 0.15) is 5.82 Å². The highest BCUT2D eigenvalue weighted by atomic mass is 79.9. The molecule has 142 valence electrons. The van der Waals surface area contributed by atoms with Crippen molar-refractivity contribution >= 4 is 27.7 Å². The summed E-state index contributed by atoms with van der Waals surface area (Å²) in [4.78, 5) is 0. The molecule has 0 spiro atoms. The van der Waals surface area contributed by atoms with E-state index in [9.17, 15) is 4.39 Å². The van der Waals surface area contributed by atoms with Crippen LogP contribution in [0.3, 0.4) is 0 Å². The molecule has 0 aliphatic carbocycles. The van der Waals surface area contributed by atoms with E-state index in [1.54, 1.807) is 18.2 Å². The van der Waals surface area contributed by atoms with Gasteiger partial charge in [0.05, 0.1) is 18.8 Å². The molecular weight excluding hydrogens is 435 g/mol. The van der Waals surface area contributed by atoms with Crippen LogP contribution in [0.25, 0.3) is 11.5 Å². The molecule has 0 unspecified atom stereocenters. The van der Waals surface area contributed by atoms with Crippen molar-refractivity contribution in [3.05, 3.63) is 52.3 Å². The van der Waals surface area contributed by atoms with E-state index in [1.165, 1.54) is 17.8 Å². The summed E-state index contributed by atoms with van der Waals surface area (Å²) in [6, 6.07) is 10.1. The van der Waals surface area contributed by atoms with E-state index in [1.807, 2.05) is 26.0 Å². The Hall–Kier alpha value is -2.06. The molecule has 0 aliphatic heterocycles. The Balaban J connectivity index is 1.75. The molecule has 0 saturated carbocycles. The molecule has 0 fully saturated rings. The highest BCUT2D eigenvalue weighted by molar-refractivity contribution is 9.10. The predicted octanol–water partition coefficient (Wildman–Crippen LogP) is 5.73. The van der Waals surface area contributed by atoms with E-state index in [0.717, 1.165) is 10.0 Å². The lowest BCUT2D eigenvalue weighted by molar-refractivity contribution is 0.287. The maximum Gasteiger partial charge on any atom is 0.277 e. The molecule has 8 heteroatoms. The third-order valence-electron chi connectivity index (χ3n) is 3.57. The van der Waals surface area contributed by atoms with E-state index in [4.69, 9.17) is 13.9 Å². The van der Waals surface area contributed by atoms with Gasteiger partial charge in [0.15, 0.2) is 11.5 Å². The van der Waals surface area contributed by atoms with Crippen molar-refractivity contribution in [1.29, 1.82) is 0 Å². The first kappa shape index (κ1) is 19.7. The first-order valence-corrected chi connectivity index (χ1v) is 10.2. The van der Waals surface area contributed by atoms with Crippen LogP contribution in [-0.2, 0) is 5.75 Å². The summed E-state index contributed by atoms with van der Waals surface area (Å²) in [5, 5.41) is 8.29. The van der Waals surface area contributed by atoms with Gasteiger partial charge in [-0.2, -0.15) is 0 Å². The van der Waals surface area contributed by atoms with E-state index < -0.39 is 5.82 Å². The molecule has 5 nitrogen and oxygen atoms in total. The number of benzene rings is 2. The Morgan fingerprint density at radius 3 is 2.48 bits per heavy atom. The molecule has 0 saturated heterocycles. The average Bonchev–Trinajstić information content (AvgIpc) is 3.12. The monoisotopic (exact) mass is 452 g/mol. The van der Waals surface area contributed by atoms with Crippen molar-refractivity contribution in [3.8, 4) is 23.0 Å². The number of halogens is 2. The van der Waals surface area contributed by atoms with Crippen molar-refractivity contribution in [2.24, 2.45) is 0 Å². The fraction of sp³-hybridized carbons (Fsp3) is 0.263. The summed E-state index contributed by atoms with van der Waals surface area (Å²) in [6.07, 6.45) is 0. The van der Waals surface area contributed by atoms with Crippen molar-refractivity contribution in [3.63, 3.8) is 0 Å². The van der Waals surface area contributed by atoms with Crippen LogP contribution in [0, 0.1) is 5.82 Å². The third-order valence-corrected chi connectivity index (χ3v) is 5.18. The maximum atomic E-state index is 13.8. The quantitative estimate of drug-likeness (QED) is 0.406. The number of thioether (sulfide) groups is 1. The standard InChI is InChI=1S/C19H18BrFN2O3S/c1-3-24-16-9-12(14(20)10-17(16)25-4-2)11-27-19-23-22-18(26-19)13-7-5-6-8-15(13)21/h5-10H,3-4,11H2,1-2H3. The minimum Gasteiger partial charge on any atom is -0.490 e. The van der Waals surface area contributed by atoms with Gasteiger partial charge in [-0.25, -0.2) is 4.39 Å². The second kappa shape index (κ2) is 9.23. The number of rotatable bonds is 8. The van der Waals surface area contributed by atoms with Gasteiger partial charge in [-0.1, -0.05) is 39.8 Å². The van der Waals surface area contributed by atoms with Crippen LogP contribution < -0.4 is 9.47 Å². The molecule has 2 aromatic carbocycles. The van der Waals surface area contributed by atoms with Gasteiger partial charge in [0, 0.05) is 10.2 Å². The number of ether oxygens (including phenoxy) is 2. The number of nitrogens with zero attached hydrogens (tertiary/aromatic N) is 2. The van der Waals surface area contributed by atoms with Crippen LogP contribution in [0.15, 0.2) is 50.5 Å². The van der Waals surface area contributed by atoms with Gasteiger partial charge in [0.2, 0.25) is 0 Å². The fourth-order valence-electron chi connectivity index (χ4n) is 2.38. The zero-order chi connectivity index (χ0) is 19.2. The van der Waals surface area contributed by atoms with Crippen molar-refractivity contribution in [1.82, 2.24) is 10.2 Å². The molecule has 27 heavy (non-hydrogen) atoms. The molecular formula is C19H18BrFN2O3S. The Morgan fingerprint density at radius 2 is 1.78 bits per heavy atom. The van der Waals surface area contributed by atoms with E-state index >= 15 is 0 Å². The molecule has 1 aromatic heterocycles. The van der Waals surface area contributed by atoms with Crippen LogP contribution in [0.1, 0.15) is 19.4 Å². The number of hydrogen-bond acceptors (Lipinski definition) is 6. The second-order valence-corrected chi connectivity index (χ2v) is 7.18. The van der Waals surface area contributed by atoms with Crippen LogP contribution in [-0.4, -0.2) is 23.4 Å². The first-order valence-electron chi connectivity index (χ1n) is 8.41. The third kappa shape index (κ3) is 4.81. The summed E-state index contributed by atoms with van der Waals surface area (Å²) in [7, 11) is 0. The summed E-state index contributed by atoms with van der Waals surface area (Å²) >= 11 is 4.93. The van der Waals surface area contributed by atoms with Crippen molar-refractivity contribution < 1.29 is 18.3 Å². The maximum absolute atomic E-state index is 13.8. The molecule has 0 amide bonds. The van der Waals surface area contributed by atoms with Gasteiger partial charge in [-0.3, -0.25) is 0 Å². The predicted molar refractivity (Wildman–Crippen MR) is 106 cm³/mol. The molecule has 0 N–H and O–H groups in total. The van der Waals surface area contributed by atoms with E-state index in [2.05, 4.69) is 26.1 Å². The molecule has 3 rings (SSSR count). The van der Waals surface area contributed by atoms with Gasteiger partial charge >= 0.3 is 0 Å². The Kier molecular flexibility index (Phi) is 6.73. The van der Waals surface area contributed by atoms with E-state index in [0.29, 0.717) is 35.7 Å². The van der Waals surface area contributed by atoms with Crippen LogP contribution in [0.5, 0.6) is 11.5 Å². The van der Waals surface area contributed by atoms with Crippen LogP contribution in [0.4, 0.5) is 4.39 Å². The number of hydrogen-bond donors (Lipinski definition) is 0. The normalized spacial score (nSPS) is 10.8. The zero-order valence-electron chi connectivity index (χ0n) is 14.9. The number of aromatic nitrogens is 2. The van der Waals surface area contributed by atoms with Gasteiger partial charge < -0.3 is 13.9 Å². The Bertz CT molecular complexity index is 920. The van der Waals surface area contributed by atoms with Crippen molar-refractivity contribution in [2.45, 2.75) is 24.8 Å². The summed E-state index contributed by atoms with van der Waals surface area (Å²) in [5.74, 6) is 1.73. The first-order chi connectivity index (χ1) is 13.1. The molecule has 0 aliphatic rings. The molecule has 0 bridgehead atoms. The summed E-state index contributed by atoms with van der Waals surface area (Å²) in [5.41, 5.74) is 1.29. The van der Waals surface area contributed by atoms with E-state index in [-0.39, 0.29) is 11.5 Å². The average molecular weight is 453 g/mol. The highest BCUT2D eigenvalue weighted by Gasteiger charge is 2.15. The Morgan fingerprint density at radius 1 is 1.07 bits per heavy atom. The van der Waals surface area contributed by atoms with Crippen LogP contribution >= 0.6 is 27.7 Å². The van der Waals surface area contributed by atoms with Crippen molar-refractivity contribution in [2.75, 3.05) is 13.2 Å². The van der Waals surface area contributed by atoms with Gasteiger partial charge in [-0.05, 0) is 43.7 Å². The lowest BCUT2D eigenvalue weighted by Crippen LogP contribution is -1.99. The largest absolute Gasteiger partial charge is 0.490 e. The molecule has 0 atom stereocenters. The van der Waals surface area contributed by atoms with Gasteiger partial charge in [-0.15, -0.1) is 10.2 Å². The molecule has 3 aromatic rings. The zero-order valence-corrected chi connectivity index (χ0v) is 17.3. The smallest absolute Gasteiger partial charge is 0.277 e. The molecule has 1 heterocycles. The summed E-state index contributed by atoms with van der Waals surface area (Å²) in [6.45, 7) is 4.95. The lowest BCUT2D eigenvalue weighted by Gasteiger charge is -2.13. The lowest BCUT2D eigenvalue weighted by atomic mass is 10.2. The molecule has 0 radical (unpaired) electrons. The SMILES string of the molecule is CCOc1cc(Br)c(CSc2nnc(-c3ccccc3F)o2)cc1OCC. The Labute approximate surface area is 169 Å². The minimum atomic E-state index is -0.395. The second-order valence-electron chi connectivity index (χ2n) is 5.40. The van der Waals surface area contributed by atoms with Crippen LogP contribution in [0.2, 0.25) is 0 Å². The topological polar surface area (TPSA) is 57.4 Å². The highest BCUT2D eigenvalue weighted by Crippen LogP contribution is 2.37. The fourth-order valence-corrected chi connectivity index (χ4v) is 3.78.